The third kappa shape index (κ3) is 5.93. The molecule has 3 rings (SSSR count). The Kier molecular flexibility index (Phi) is 9.21. The first-order chi connectivity index (χ1) is 17.3. The molecule has 0 unspecified atom stereocenters. The number of phenols is 1. The number of anilines is 1. The second-order valence-electron chi connectivity index (χ2n) is 7.68. The van der Waals surface area contributed by atoms with Crippen LogP contribution in [0.4, 0.5) is 5.69 Å². The molecule has 2 aromatic carbocycles. The van der Waals surface area contributed by atoms with Gasteiger partial charge in [-0.05, 0) is 43.9 Å². The van der Waals surface area contributed by atoms with Gasteiger partial charge in [0.2, 0.25) is 5.03 Å². The number of alkyl halides is 1. The fourth-order valence-corrected chi connectivity index (χ4v) is 5.09. The van der Waals surface area contributed by atoms with Crippen LogP contribution in [0, 0.1) is 0 Å². The summed E-state index contributed by atoms with van der Waals surface area (Å²) in [4.78, 5) is 11.8. The van der Waals surface area contributed by atoms with Gasteiger partial charge in [-0.1, -0.05) is 33.2 Å². The summed E-state index contributed by atoms with van der Waals surface area (Å²) in [6.45, 7) is 4.13. The second-order valence-corrected chi connectivity index (χ2v) is 10.1. The number of nitrogens with one attached hydrogen (secondary N) is 1. The molecule has 0 amide bonds. The number of ether oxygens (including phenoxy) is 3. The number of sulfonamides is 1. The summed E-state index contributed by atoms with van der Waals surface area (Å²) >= 11 is 3.40. The van der Waals surface area contributed by atoms with Gasteiger partial charge in [0.25, 0.3) is 10.0 Å². The molecule has 2 N–H and O–H groups in total. The zero-order chi connectivity index (χ0) is 26.3. The number of fused-ring (bicyclic) bond motifs is 1. The highest BCUT2D eigenvalue weighted by molar-refractivity contribution is 9.09. The number of allylic oxidation sites excluding steroid dienone is 1. The van der Waals surface area contributed by atoms with Crippen molar-refractivity contribution in [2.75, 3.05) is 30.9 Å². The topological polar surface area (TPSA) is 137 Å². The fraction of sp³-hybridized carbons (Fsp3) is 0.333. The number of nitrogens with zero attached hydrogens (tertiary/aromatic N) is 1. The van der Waals surface area contributed by atoms with Crippen molar-refractivity contribution >= 4 is 48.6 Å². The zero-order valence-corrected chi connectivity index (χ0v) is 22.3. The molecule has 0 saturated heterocycles. The highest BCUT2D eigenvalue weighted by Crippen LogP contribution is 2.41. The molecule has 0 radical (unpaired) electrons. The highest BCUT2D eigenvalue weighted by Gasteiger charge is 2.29. The molecule has 0 atom stereocenters. The van der Waals surface area contributed by atoms with Crippen LogP contribution in [-0.4, -0.2) is 50.8 Å². The number of rotatable bonds is 13. The molecular formula is C24H27BrN2O8S. The van der Waals surface area contributed by atoms with Gasteiger partial charge in [-0.3, -0.25) is 4.72 Å². The van der Waals surface area contributed by atoms with E-state index in [0.717, 1.165) is 30.7 Å². The van der Waals surface area contributed by atoms with E-state index in [1.54, 1.807) is 18.2 Å². The van der Waals surface area contributed by atoms with Crippen LogP contribution in [0.25, 0.3) is 11.0 Å². The van der Waals surface area contributed by atoms with Crippen LogP contribution in [0.1, 0.15) is 35.2 Å². The van der Waals surface area contributed by atoms with Crippen LogP contribution in [0.3, 0.4) is 0 Å². The summed E-state index contributed by atoms with van der Waals surface area (Å²) in [5.74, 6) is -0.702. The Labute approximate surface area is 217 Å². The number of unbranched alkanes of at least 4 members (excludes halogenated alkanes) is 2. The summed E-state index contributed by atoms with van der Waals surface area (Å²) in [6, 6.07) is 5.71. The van der Waals surface area contributed by atoms with Crippen LogP contribution < -0.4 is 14.2 Å². The maximum absolute atomic E-state index is 13.4. The molecule has 3 aromatic rings. The van der Waals surface area contributed by atoms with Gasteiger partial charge in [0.05, 0.1) is 26.4 Å². The van der Waals surface area contributed by atoms with Crippen molar-refractivity contribution in [2.45, 2.75) is 30.7 Å². The number of methoxy groups -OCH3 is 2. The number of hydrogen-bond acceptors (Lipinski definition) is 9. The summed E-state index contributed by atoms with van der Waals surface area (Å²) in [7, 11) is -1.82. The van der Waals surface area contributed by atoms with Gasteiger partial charge in [-0.15, -0.1) is 6.58 Å². The lowest BCUT2D eigenvalue weighted by atomic mass is 10.1. The summed E-state index contributed by atoms with van der Waals surface area (Å²) < 4.78 is 50.5. The van der Waals surface area contributed by atoms with E-state index < -0.39 is 26.8 Å². The van der Waals surface area contributed by atoms with Crippen molar-refractivity contribution in [2.24, 2.45) is 0 Å². The van der Waals surface area contributed by atoms with E-state index in [9.17, 15) is 18.3 Å². The molecule has 36 heavy (non-hydrogen) atoms. The minimum atomic E-state index is -4.41. The largest absolute Gasteiger partial charge is 0.507 e. The minimum Gasteiger partial charge on any atom is -0.507 e. The number of benzene rings is 2. The Morgan fingerprint density at radius 1 is 1.25 bits per heavy atom. The maximum atomic E-state index is 13.4. The van der Waals surface area contributed by atoms with E-state index >= 15 is 0 Å². The summed E-state index contributed by atoms with van der Waals surface area (Å²) in [6.07, 6.45) is 4.80. The number of carbonyl (C=O) groups is 1. The minimum absolute atomic E-state index is 0.0232. The van der Waals surface area contributed by atoms with E-state index in [-0.39, 0.29) is 28.0 Å². The number of hydrogen-bond donors (Lipinski definition) is 2. The average molecular weight is 583 g/mol. The standard InChI is InChI=1S/C24H27BrN2O8S/c1-4-8-15-9-10-18(32-2)21(22(15)34-12-7-5-6-11-25)27-36(30,31)23-20-17(28)13-16(24(29)33-3)14-19(20)35-26-23/h4,9-10,13-14,27-28H,1,5-8,11-12H2,2-3H3. The Bertz CT molecular complexity index is 1350. The van der Waals surface area contributed by atoms with Crippen molar-refractivity contribution in [3.63, 3.8) is 0 Å². The summed E-state index contributed by atoms with van der Waals surface area (Å²) in [5.41, 5.74) is 0.662. The third-order valence-electron chi connectivity index (χ3n) is 5.24. The number of aromatic nitrogens is 1. The molecule has 12 heteroatoms. The first-order valence-corrected chi connectivity index (χ1v) is 13.6. The van der Waals surface area contributed by atoms with Crippen LogP contribution in [0.5, 0.6) is 17.2 Å². The summed E-state index contributed by atoms with van der Waals surface area (Å²) in [5, 5.41) is 14.3. The molecule has 1 aromatic heterocycles. The molecule has 0 spiro atoms. The quantitative estimate of drug-likeness (QED) is 0.126. The van der Waals surface area contributed by atoms with Crippen molar-refractivity contribution in [1.29, 1.82) is 0 Å². The van der Waals surface area contributed by atoms with Crippen molar-refractivity contribution in [1.82, 2.24) is 5.16 Å². The van der Waals surface area contributed by atoms with Crippen LogP contribution in [0.2, 0.25) is 0 Å². The smallest absolute Gasteiger partial charge is 0.338 e. The van der Waals surface area contributed by atoms with Gasteiger partial charge in [-0.25, -0.2) is 4.79 Å². The van der Waals surface area contributed by atoms with Gasteiger partial charge in [0.1, 0.15) is 22.6 Å². The van der Waals surface area contributed by atoms with Gasteiger partial charge in [-0.2, -0.15) is 8.42 Å². The molecule has 0 aliphatic rings. The van der Waals surface area contributed by atoms with E-state index in [1.807, 2.05) is 0 Å². The number of phenolic OH excluding ortho intramolecular Hbond substituents is 1. The van der Waals surface area contributed by atoms with Crippen molar-refractivity contribution in [3.05, 3.63) is 48.0 Å². The van der Waals surface area contributed by atoms with Gasteiger partial charge in [0, 0.05) is 10.9 Å². The number of aromatic hydroxyl groups is 1. The molecule has 0 saturated carbocycles. The van der Waals surface area contributed by atoms with Gasteiger partial charge >= 0.3 is 5.97 Å². The fourth-order valence-electron chi connectivity index (χ4n) is 3.53. The molecular weight excluding hydrogens is 556 g/mol. The second kappa shape index (κ2) is 12.1. The molecule has 0 aliphatic carbocycles. The lowest BCUT2D eigenvalue weighted by molar-refractivity contribution is 0.0600. The Balaban J connectivity index is 2.04. The Morgan fingerprint density at radius 3 is 2.69 bits per heavy atom. The number of esters is 1. The van der Waals surface area contributed by atoms with Crippen molar-refractivity contribution in [3.8, 4) is 17.2 Å². The van der Waals surface area contributed by atoms with Gasteiger partial charge in [0.15, 0.2) is 11.3 Å². The van der Waals surface area contributed by atoms with E-state index in [4.69, 9.17) is 14.0 Å². The SMILES string of the molecule is C=CCc1ccc(OC)c(NS(=O)(=O)c2noc3cc(C(=O)OC)cc(O)c23)c1OCCCCCBr. The molecule has 0 aliphatic heterocycles. The van der Waals surface area contributed by atoms with Crippen LogP contribution in [0.15, 0.2) is 46.5 Å². The Morgan fingerprint density at radius 2 is 2.03 bits per heavy atom. The maximum Gasteiger partial charge on any atom is 0.338 e. The van der Waals surface area contributed by atoms with E-state index in [0.29, 0.717) is 24.3 Å². The van der Waals surface area contributed by atoms with Gasteiger partial charge < -0.3 is 23.8 Å². The lowest BCUT2D eigenvalue weighted by Gasteiger charge is -2.19. The van der Waals surface area contributed by atoms with E-state index in [1.165, 1.54) is 20.3 Å². The van der Waals surface area contributed by atoms with Crippen LogP contribution in [-0.2, 0) is 21.2 Å². The zero-order valence-electron chi connectivity index (χ0n) is 19.9. The molecule has 194 valence electrons. The molecule has 0 fully saturated rings. The first-order valence-electron chi connectivity index (χ1n) is 11.0. The average Bonchev–Trinajstić information content (AvgIpc) is 3.30. The predicted octanol–water partition coefficient (Wildman–Crippen LogP) is 4.80. The first kappa shape index (κ1) is 27.3. The lowest BCUT2D eigenvalue weighted by Crippen LogP contribution is -2.16. The van der Waals surface area contributed by atoms with E-state index in [2.05, 4.69) is 37.1 Å². The molecule has 10 nitrogen and oxygen atoms in total. The highest BCUT2D eigenvalue weighted by atomic mass is 79.9. The third-order valence-corrected chi connectivity index (χ3v) is 7.07. The Hall–Kier alpha value is -3.25. The molecule has 0 bridgehead atoms. The monoisotopic (exact) mass is 582 g/mol. The number of halogens is 1. The normalized spacial score (nSPS) is 11.3. The van der Waals surface area contributed by atoms with Crippen LogP contribution >= 0.6 is 15.9 Å². The number of carbonyl (C=O) groups excluding carboxylic acids is 1. The predicted molar refractivity (Wildman–Crippen MR) is 138 cm³/mol. The van der Waals surface area contributed by atoms with Crippen molar-refractivity contribution < 1.29 is 37.1 Å². The molecule has 1 heterocycles.